The van der Waals surface area contributed by atoms with Crippen LogP contribution in [0.5, 0.6) is 0 Å². The van der Waals surface area contributed by atoms with E-state index in [4.69, 9.17) is 28.6 Å². The molecular weight excluding hydrogens is 530 g/mol. The maximum atomic E-state index is 12.1. The minimum absolute atomic E-state index is 0.00258. The SMILES string of the molecule is COCC(=O)Nc1ccc(N2C(=S)N[C@@H](c3ccccn3)[C@H]2c2cc(C)n(-c3cccc(Cl)c3)c2C)cc1C. The van der Waals surface area contributed by atoms with Crippen LogP contribution in [0.15, 0.2) is 72.9 Å². The summed E-state index contributed by atoms with van der Waals surface area (Å²) in [4.78, 5) is 18.9. The van der Waals surface area contributed by atoms with E-state index in [0.29, 0.717) is 10.1 Å². The Morgan fingerprint density at radius 1 is 1.08 bits per heavy atom. The van der Waals surface area contributed by atoms with Crippen LogP contribution in [0.25, 0.3) is 5.69 Å². The van der Waals surface area contributed by atoms with Crippen molar-refractivity contribution in [2.75, 3.05) is 23.9 Å². The summed E-state index contributed by atoms with van der Waals surface area (Å²) < 4.78 is 7.17. The summed E-state index contributed by atoms with van der Waals surface area (Å²) in [7, 11) is 1.50. The molecule has 0 unspecified atom stereocenters. The van der Waals surface area contributed by atoms with Crippen LogP contribution in [-0.4, -0.2) is 34.3 Å². The van der Waals surface area contributed by atoms with Crippen LogP contribution in [0, 0.1) is 20.8 Å². The molecule has 0 aliphatic carbocycles. The van der Waals surface area contributed by atoms with Crippen LogP contribution in [0.2, 0.25) is 5.02 Å². The largest absolute Gasteiger partial charge is 0.375 e. The van der Waals surface area contributed by atoms with E-state index in [1.807, 2.05) is 61.5 Å². The summed E-state index contributed by atoms with van der Waals surface area (Å²) in [5.74, 6) is -0.201. The zero-order valence-electron chi connectivity index (χ0n) is 22.2. The highest BCUT2D eigenvalue weighted by molar-refractivity contribution is 7.80. The van der Waals surface area contributed by atoms with E-state index in [9.17, 15) is 4.79 Å². The van der Waals surface area contributed by atoms with Gasteiger partial charge in [0.25, 0.3) is 0 Å². The van der Waals surface area contributed by atoms with Crippen molar-refractivity contribution in [2.45, 2.75) is 32.9 Å². The Balaban J connectivity index is 1.61. The van der Waals surface area contributed by atoms with E-state index in [1.54, 1.807) is 6.20 Å². The van der Waals surface area contributed by atoms with Crippen LogP contribution >= 0.6 is 23.8 Å². The molecule has 1 aliphatic rings. The first kappa shape index (κ1) is 26.9. The van der Waals surface area contributed by atoms with Crippen molar-refractivity contribution < 1.29 is 9.53 Å². The van der Waals surface area contributed by atoms with Crippen molar-refractivity contribution in [1.29, 1.82) is 0 Å². The van der Waals surface area contributed by atoms with Gasteiger partial charge in [0.1, 0.15) is 6.61 Å². The predicted octanol–water partition coefficient (Wildman–Crippen LogP) is 6.21. The molecule has 2 aromatic carbocycles. The second-order valence-corrected chi connectivity index (χ2v) is 10.4. The smallest absolute Gasteiger partial charge is 0.250 e. The Kier molecular flexibility index (Phi) is 7.70. The van der Waals surface area contributed by atoms with Crippen LogP contribution in [0.1, 0.15) is 40.3 Å². The van der Waals surface area contributed by atoms with Gasteiger partial charge in [-0.25, -0.2) is 0 Å². The van der Waals surface area contributed by atoms with E-state index in [2.05, 4.69) is 51.1 Å². The molecule has 2 atom stereocenters. The Bertz CT molecular complexity index is 1540. The van der Waals surface area contributed by atoms with Gasteiger partial charge >= 0.3 is 0 Å². The molecule has 4 aromatic rings. The summed E-state index contributed by atoms with van der Waals surface area (Å²) in [5, 5.41) is 7.74. The highest BCUT2D eigenvalue weighted by Gasteiger charge is 2.42. The Morgan fingerprint density at radius 2 is 1.90 bits per heavy atom. The second kappa shape index (κ2) is 11.2. The third-order valence-electron chi connectivity index (χ3n) is 6.99. The van der Waals surface area contributed by atoms with Crippen LogP contribution in [0.3, 0.4) is 0 Å². The van der Waals surface area contributed by atoms with Crippen molar-refractivity contribution in [2.24, 2.45) is 0 Å². The monoisotopic (exact) mass is 559 g/mol. The molecule has 1 aliphatic heterocycles. The first-order valence-corrected chi connectivity index (χ1v) is 13.4. The van der Waals surface area contributed by atoms with Gasteiger partial charge in [0.2, 0.25) is 5.91 Å². The number of thiocarbonyl (C=S) groups is 1. The number of nitrogens with zero attached hydrogens (tertiary/aromatic N) is 3. The average Bonchev–Trinajstić information content (AvgIpc) is 3.40. The van der Waals surface area contributed by atoms with Crippen molar-refractivity contribution in [3.8, 4) is 5.69 Å². The minimum Gasteiger partial charge on any atom is -0.375 e. The summed E-state index contributed by atoms with van der Waals surface area (Å²) in [5.41, 5.74) is 7.80. The van der Waals surface area contributed by atoms with Gasteiger partial charge in [-0.15, -0.1) is 0 Å². The van der Waals surface area contributed by atoms with Crippen LogP contribution < -0.4 is 15.5 Å². The van der Waals surface area contributed by atoms with Gasteiger partial charge in [0.05, 0.1) is 17.8 Å². The molecule has 39 heavy (non-hydrogen) atoms. The number of hydrogen-bond acceptors (Lipinski definition) is 4. The Morgan fingerprint density at radius 3 is 2.59 bits per heavy atom. The maximum absolute atomic E-state index is 12.1. The molecule has 2 N–H and O–H groups in total. The van der Waals surface area contributed by atoms with Gasteiger partial charge in [-0.1, -0.05) is 23.7 Å². The molecule has 0 bridgehead atoms. The fourth-order valence-corrected chi connectivity index (χ4v) is 5.83. The summed E-state index contributed by atoms with van der Waals surface area (Å²) in [6.45, 7) is 6.18. The van der Waals surface area contributed by atoms with Crippen LogP contribution in [0.4, 0.5) is 11.4 Å². The fraction of sp³-hybridized carbons (Fsp3) is 0.233. The molecule has 0 saturated carbocycles. The maximum Gasteiger partial charge on any atom is 0.250 e. The quantitative estimate of drug-likeness (QED) is 0.262. The lowest BCUT2D eigenvalue weighted by atomic mass is 9.96. The molecule has 9 heteroatoms. The fourth-order valence-electron chi connectivity index (χ4n) is 5.30. The third-order valence-corrected chi connectivity index (χ3v) is 7.54. The first-order chi connectivity index (χ1) is 18.8. The Labute approximate surface area is 238 Å². The number of pyridine rings is 1. The summed E-state index contributed by atoms with van der Waals surface area (Å²) >= 11 is 12.3. The molecular formula is C30H30ClN5O2S. The van der Waals surface area contributed by atoms with Crippen molar-refractivity contribution in [1.82, 2.24) is 14.9 Å². The number of halogens is 1. The second-order valence-electron chi connectivity index (χ2n) is 9.62. The molecule has 1 fully saturated rings. The number of benzene rings is 2. The zero-order valence-corrected chi connectivity index (χ0v) is 23.8. The number of methoxy groups -OCH3 is 1. The highest BCUT2D eigenvalue weighted by Crippen LogP contribution is 2.44. The van der Waals surface area contributed by atoms with Gasteiger partial charge in [-0.2, -0.15) is 0 Å². The molecule has 2 aromatic heterocycles. The first-order valence-electron chi connectivity index (χ1n) is 12.6. The lowest BCUT2D eigenvalue weighted by Gasteiger charge is -2.29. The van der Waals surface area contributed by atoms with Gasteiger partial charge in [-0.05, 0) is 98.7 Å². The Hall–Kier alpha value is -3.72. The average molecular weight is 560 g/mol. The van der Waals surface area contributed by atoms with Gasteiger partial charge < -0.3 is 24.8 Å². The number of aryl methyl sites for hydroxylation is 2. The highest BCUT2D eigenvalue weighted by atomic mass is 35.5. The number of amides is 1. The van der Waals surface area contributed by atoms with E-state index >= 15 is 0 Å². The third kappa shape index (κ3) is 5.28. The number of nitrogens with one attached hydrogen (secondary N) is 2. The number of aromatic nitrogens is 2. The number of anilines is 2. The minimum atomic E-state index is -0.201. The van der Waals surface area contributed by atoms with Gasteiger partial charge in [0, 0.05) is 46.8 Å². The topological polar surface area (TPSA) is 71.4 Å². The number of ether oxygens (including phenoxy) is 1. The van der Waals surface area contributed by atoms with Gasteiger partial charge in [-0.3, -0.25) is 9.78 Å². The number of hydrogen-bond donors (Lipinski definition) is 2. The van der Waals surface area contributed by atoms with E-state index < -0.39 is 0 Å². The van der Waals surface area contributed by atoms with E-state index in [1.165, 1.54) is 7.11 Å². The molecule has 1 saturated heterocycles. The lowest BCUT2D eigenvalue weighted by Crippen LogP contribution is -2.29. The van der Waals surface area contributed by atoms with Crippen molar-refractivity contribution >= 4 is 46.2 Å². The zero-order chi connectivity index (χ0) is 27.7. The predicted molar refractivity (Wildman–Crippen MR) is 160 cm³/mol. The van der Waals surface area contributed by atoms with Crippen molar-refractivity contribution in [3.05, 3.63) is 106 Å². The number of carbonyl (C=O) groups is 1. The van der Waals surface area contributed by atoms with Gasteiger partial charge in [0.15, 0.2) is 5.11 Å². The summed E-state index contributed by atoms with van der Waals surface area (Å²) in [6, 6.07) is 21.6. The molecule has 0 radical (unpaired) electrons. The lowest BCUT2D eigenvalue weighted by molar-refractivity contribution is -0.119. The number of carbonyl (C=O) groups excluding carboxylic acids is 1. The molecule has 5 rings (SSSR count). The normalized spacial score (nSPS) is 16.8. The number of rotatable bonds is 7. The molecule has 200 valence electrons. The molecule has 7 nitrogen and oxygen atoms in total. The molecule has 3 heterocycles. The summed E-state index contributed by atoms with van der Waals surface area (Å²) in [6.07, 6.45) is 1.80. The van der Waals surface area contributed by atoms with E-state index in [0.717, 1.165) is 45.3 Å². The van der Waals surface area contributed by atoms with E-state index in [-0.39, 0.29) is 24.6 Å². The standard InChI is InChI=1S/C30H30ClN5O2S/c1-18-14-23(11-12-25(18)33-27(37)17-38-4)36-29(28(34-30(36)39)26-10-5-6-13-32-26)24-15-19(2)35(20(24)3)22-9-7-8-21(31)16-22/h5-16,28-29H,17H2,1-4H3,(H,33,37)(H,34,39)/t28-,29+/m0/s1. The van der Waals surface area contributed by atoms with Crippen molar-refractivity contribution in [3.63, 3.8) is 0 Å². The molecule has 1 amide bonds. The molecule has 0 spiro atoms. The van der Waals surface area contributed by atoms with Crippen LogP contribution in [-0.2, 0) is 9.53 Å².